The fourth-order valence-corrected chi connectivity index (χ4v) is 2.88. The highest BCUT2D eigenvalue weighted by Gasteiger charge is 2.39. The summed E-state index contributed by atoms with van der Waals surface area (Å²) >= 11 is 0. The van der Waals surface area contributed by atoms with Crippen LogP contribution in [-0.4, -0.2) is 54.9 Å². The predicted octanol–water partition coefficient (Wildman–Crippen LogP) is 1.19. The van der Waals surface area contributed by atoms with E-state index in [0.29, 0.717) is 30.9 Å². The first-order valence-electron chi connectivity index (χ1n) is 8.73. The molecule has 1 aromatic carbocycles. The van der Waals surface area contributed by atoms with Gasteiger partial charge in [-0.15, -0.1) is 0 Å². The average Bonchev–Trinajstić information content (AvgIpc) is 3.00. The fraction of sp³-hybridized carbons (Fsp3) is 0.526. The van der Waals surface area contributed by atoms with E-state index >= 15 is 0 Å². The Bertz CT molecular complexity index is 664. The zero-order chi connectivity index (χ0) is 19.3. The normalized spacial score (nSPS) is 17.2. The van der Waals surface area contributed by atoms with Crippen molar-refractivity contribution in [2.45, 2.75) is 32.7 Å². The van der Waals surface area contributed by atoms with Crippen LogP contribution in [0.3, 0.4) is 0 Å². The minimum absolute atomic E-state index is 0.00505. The van der Waals surface area contributed by atoms with Crippen molar-refractivity contribution in [2.75, 3.05) is 26.7 Å². The lowest BCUT2D eigenvalue weighted by atomic mass is 10.1. The number of hydrogen-bond acceptors (Lipinski definition) is 4. The van der Waals surface area contributed by atoms with Gasteiger partial charge < -0.3 is 20.3 Å². The van der Waals surface area contributed by atoms with Crippen LogP contribution in [0.5, 0.6) is 5.75 Å². The Morgan fingerprint density at radius 1 is 1.15 bits per heavy atom. The second kappa shape index (κ2) is 8.21. The van der Waals surface area contributed by atoms with Gasteiger partial charge in [0, 0.05) is 37.2 Å². The molecule has 0 saturated carbocycles. The van der Waals surface area contributed by atoms with Crippen LogP contribution < -0.4 is 15.4 Å². The van der Waals surface area contributed by atoms with E-state index in [0.717, 1.165) is 0 Å². The maximum absolute atomic E-state index is 12.2. The SMILES string of the molecule is COc1ccc(C(=O)NCCNC(=O)C2CC(=O)N(C(C)(C)C)C2)cc1. The highest BCUT2D eigenvalue weighted by atomic mass is 16.5. The third-order valence-electron chi connectivity index (χ3n) is 4.37. The monoisotopic (exact) mass is 361 g/mol. The molecule has 0 aliphatic carbocycles. The van der Waals surface area contributed by atoms with Gasteiger partial charge in [0.1, 0.15) is 5.75 Å². The van der Waals surface area contributed by atoms with Crippen LogP contribution in [0.4, 0.5) is 0 Å². The molecule has 1 heterocycles. The number of amides is 3. The summed E-state index contributed by atoms with van der Waals surface area (Å²) in [7, 11) is 1.57. The fourth-order valence-electron chi connectivity index (χ4n) is 2.88. The Morgan fingerprint density at radius 2 is 1.77 bits per heavy atom. The lowest BCUT2D eigenvalue weighted by Gasteiger charge is -2.31. The van der Waals surface area contributed by atoms with Crippen molar-refractivity contribution in [1.29, 1.82) is 0 Å². The van der Waals surface area contributed by atoms with Gasteiger partial charge >= 0.3 is 0 Å². The smallest absolute Gasteiger partial charge is 0.251 e. The summed E-state index contributed by atoms with van der Waals surface area (Å²) in [5.41, 5.74) is 0.248. The van der Waals surface area contributed by atoms with Gasteiger partial charge in [0.25, 0.3) is 5.91 Å². The number of benzene rings is 1. The molecule has 1 aliphatic heterocycles. The predicted molar refractivity (Wildman–Crippen MR) is 97.9 cm³/mol. The minimum Gasteiger partial charge on any atom is -0.497 e. The van der Waals surface area contributed by atoms with E-state index in [1.807, 2.05) is 20.8 Å². The summed E-state index contributed by atoms with van der Waals surface area (Å²) in [6, 6.07) is 6.79. The van der Waals surface area contributed by atoms with Crippen molar-refractivity contribution in [3.8, 4) is 5.75 Å². The lowest BCUT2D eigenvalue weighted by molar-refractivity contribution is -0.132. The third kappa shape index (κ3) is 4.97. The molecule has 0 spiro atoms. The van der Waals surface area contributed by atoms with Crippen LogP contribution in [0.25, 0.3) is 0 Å². The molecule has 2 N–H and O–H groups in total. The van der Waals surface area contributed by atoms with E-state index in [-0.39, 0.29) is 35.6 Å². The van der Waals surface area contributed by atoms with Crippen molar-refractivity contribution >= 4 is 17.7 Å². The molecule has 3 amide bonds. The molecule has 0 aromatic heterocycles. The van der Waals surface area contributed by atoms with Crippen LogP contribution in [0.15, 0.2) is 24.3 Å². The molecule has 0 radical (unpaired) electrons. The molecule has 7 nitrogen and oxygen atoms in total. The molecule has 7 heteroatoms. The second-order valence-corrected chi connectivity index (χ2v) is 7.35. The van der Waals surface area contributed by atoms with Gasteiger partial charge in [0.2, 0.25) is 11.8 Å². The molecule has 1 unspecified atom stereocenters. The summed E-state index contributed by atoms with van der Waals surface area (Å²) < 4.78 is 5.05. The largest absolute Gasteiger partial charge is 0.497 e. The molecule has 2 rings (SSSR count). The topological polar surface area (TPSA) is 87.7 Å². The quantitative estimate of drug-likeness (QED) is 0.745. The number of rotatable bonds is 6. The first-order chi connectivity index (χ1) is 12.2. The van der Waals surface area contributed by atoms with Crippen LogP contribution in [0.2, 0.25) is 0 Å². The summed E-state index contributed by atoms with van der Waals surface area (Å²) in [6.45, 7) is 6.95. The number of likely N-dealkylation sites (tertiary alicyclic amines) is 1. The van der Waals surface area contributed by atoms with Gasteiger partial charge in [0.05, 0.1) is 13.0 Å². The van der Waals surface area contributed by atoms with E-state index in [1.165, 1.54) is 0 Å². The zero-order valence-electron chi connectivity index (χ0n) is 15.8. The summed E-state index contributed by atoms with van der Waals surface area (Å²) in [5.74, 6) is -0.00523. The molecule has 26 heavy (non-hydrogen) atoms. The van der Waals surface area contributed by atoms with Crippen molar-refractivity contribution in [1.82, 2.24) is 15.5 Å². The van der Waals surface area contributed by atoms with Gasteiger partial charge in [0.15, 0.2) is 0 Å². The number of nitrogens with one attached hydrogen (secondary N) is 2. The first-order valence-corrected chi connectivity index (χ1v) is 8.73. The Labute approximate surface area is 154 Å². The van der Waals surface area contributed by atoms with Crippen molar-refractivity contribution < 1.29 is 19.1 Å². The van der Waals surface area contributed by atoms with E-state index in [1.54, 1.807) is 36.3 Å². The summed E-state index contributed by atoms with van der Waals surface area (Å²) in [5, 5.41) is 5.54. The molecular formula is C19H27N3O4. The van der Waals surface area contributed by atoms with E-state index in [2.05, 4.69) is 10.6 Å². The number of nitrogens with zero attached hydrogens (tertiary/aromatic N) is 1. The Hall–Kier alpha value is -2.57. The van der Waals surface area contributed by atoms with Crippen LogP contribution in [0, 0.1) is 5.92 Å². The summed E-state index contributed by atoms with van der Waals surface area (Å²) in [4.78, 5) is 38.0. The van der Waals surface area contributed by atoms with E-state index < -0.39 is 0 Å². The minimum atomic E-state index is -0.334. The number of ether oxygens (including phenoxy) is 1. The van der Waals surface area contributed by atoms with Gasteiger partial charge in [-0.05, 0) is 45.0 Å². The van der Waals surface area contributed by atoms with Crippen LogP contribution >= 0.6 is 0 Å². The lowest BCUT2D eigenvalue weighted by Crippen LogP contribution is -2.43. The number of methoxy groups -OCH3 is 1. The van der Waals surface area contributed by atoms with Crippen LogP contribution in [0.1, 0.15) is 37.6 Å². The Kier molecular flexibility index (Phi) is 6.23. The highest BCUT2D eigenvalue weighted by molar-refractivity contribution is 5.94. The first kappa shape index (κ1) is 19.8. The van der Waals surface area contributed by atoms with Crippen LogP contribution in [-0.2, 0) is 9.59 Å². The van der Waals surface area contributed by atoms with E-state index in [9.17, 15) is 14.4 Å². The summed E-state index contributed by atoms with van der Waals surface area (Å²) in [6.07, 6.45) is 0.237. The maximum Gasteiger partial charge on any atom is 0.251 e. The van der Waals surface area contributed by atoms with Gasteiger partial charge in [-0.3, -0.25) is 14.4 Å². The molecular weight excluding hydrogens is 334 g/mol. The van der Waals surface area contributed by atoms with Crippen molar-refractivity contribution in [2.24, 2.45) is 5.92 Å². The van der Waals surface area contributed by atoms with Crippen molar-refractivity contribution in [3.05, 3.63) is 29.8 Å². The Balaban J connectivity index is 1.73. The zero-order valence-corrected chi connectivity index (χ0v) is 15.8. The third-order valence-corrected chi connectivity index (χ3v) is 4.37. The molecule has 1 atom stereocenters. The highest BCUT2D eigenvalue weighted by Crippen LogP contribution is 2.25. The van der Waals surface area contributed by atoms with E-state index in [4.69, 9.17) is 4.74 Å². The number of hydrogen-bond donors (Lipinski definition) is 2. The molecule has 142 valence electrons. The standard InChI is InChI=1S/C19H27N3O4/c1-19(2,3)22-12-14(11-16(22)23)18(25)21-10-9-20-17(24)13-5-7-15(26-4)8-6-13/h5-8,14H,9-12H2,1-4H3,(H,20,24)(H,21,25). The average molecular weight is 361 g/mol. The molecule has 1 fully saturated rings. The van der Waals surface area contributed by atoms with Crippen molar-refractivity contribution in [3.63, 3.8) is 0 Å². The number of carbonyl (C=O) groups excluding carboxylic acids is 3. The molecule has 1 aliphatic rings. The number of carbonyl (C=O) groups is 3. The molecule has 1 aromatic rings. The molecule has 1 saturated heterocycles. The van der Waals surface area contributed by atoms with Gasteiger partial charge in [-0.2, -0.15) is 0 Å². The van der Waals surface area contributed by atoms with Gasteiger partial charge in [-0.1, -0.05) is 0 Å². The maximum atomic E-state index is 12.2. The second-order valence-electron chi connectivity index (χ2n) is 7.35. The molecule has 0 bridgehead atoms. The van der Waals surface area contributed by atoms with Gasteiger partial charge in [-0.25, -0.2) is 0 Å². The Morgan fingerprint density at radius 3 is 2.31 bits per heavy atom.